The summed E-state index contributed by atoms with van der Waals surface area (Å²) >= 11 is 2.03. The molecule has 0 bridgehead atoms. The topological polar surface area (TPSA) is 60.7 Å². The molecular formula is C13H17N3OS. The van der Waals surface area contributed by atoms with Crippen LogP contribution in [0.4, 0.5) is 5.69 Å². The van der Waals surface area contributed by atoms with Gasteiger partial charge in [-0.2, -0.15) is 11.8 Å². The largest absolute Gasteiger partial charge is 0.381 e. The van der Waals surface area contributed by atoms with E-state index in [0.29, 0.717) is 11.3 Å². The molecule has 0 aliphatic carbocycles. The Hall–Kier alpha value is -1.36. The molecule has 1 aromatic heterocycles. The first-order chi connectivity index (χ1) is 8.72. The lowest BCUT2D eigenvalue weighted by Crippen LogP contribution is -2.32. The van der Waals surface area contributed by atoms with Crippen molar-refractivity contribution in [1.29, 1.82) is 0 Å². The van der Waals surface area contributed by atoms with Gasteiger partial charge in [0.2, 0.25) is 0 Å². The molecule has 2 aromatic rings. The molecule has 3 N–H and O–H groups in total. The van der Waals surface area contributed by atoms with Gasteiger partial charge in [0.15, 0.2) is 0 Å². The summed E-state index contributed by atoms with van der Waals surface area (Å²) in [5.41, 5.74) is 2.65. The van der Waals surface area contributed by atoms with Gasteiger partial charge in [-0.05, 0) is 36.8 Å². The average Bonchev–Trinajstić information content (AvgIpc) is 2.71. The van der Waals surface area contributed by atoms with Crippen molar-refractivity contribution >= 4 is 28.5 Å². The van der Waals surface area contributed by atoms with Crippen LogP contribution in [-0.2, 0) is 0 Å². The molecule has 1 aliphatic rings. The van der Waals surface area contributed by atoms with E-state index in [9.17, 15) is 4.79 Å². The summed E-state index contributed by atoms with van der Waals surface area (Å²) in [7, 11) is 0. The molecule has 4 nitrogen and oxygen atoms in total. The smallest absolute Gasteiger partial charge is 0.323 e. The van der Waals surface area contributed by atoms with Gasteiger partial charge in [-0.1, -0.05) is 6.92 Å². The number of rotatable bonds is 2. The standard InChI is InChI=1S/C13H17N3OS/c1-8-10(3-2-6-18-8)14-9-4-5-11-12(7-9)16-13(17)15-11/h4-5,7-8,10,14H,2-3,6H2,1H3,(H2,15,16,17). The van der Waals surface area contributed by atoms with Crippen molar-refractivity contribution in [1.82, 2.24) is 9.97 Å². The maximum absolute atomic E-state index is 11.2. The molecule has 0 saturated carbocycles. The quantitative estimate of drug-likeness (QED) is 0.780. The number of aromatic amines is 2. The van der Waals surface area contributed by atoms with Gasteiger partial charge in [0.05, 0.1) is 11.0 Å². The fourth-order valence-electron chi connectivity index (χ4n) is 2.45. The van der Waals surface area contributed by atoms with Crippen LogP contribution in [0.2, 0.25) is 0 Å². The van der Waals surface area contributed by atoms with Crippen molar-refractivity contribution in [3.05, 3.63) is 28.7 Å². The molecule has 5 heteroatoms. The van der Waals surface area contributed by atoms with Crippen LogP contribution in [0.1, 0.15) is 19.8 Å². The van der Waals surface area contributed by atoms with Crippen LogP contribution >= 0.6 is 11.8 Å². The molecule has 0 amide bonds. The normalized spacial score (nSPS) is 24.3. The zero-order valence-corrected chi connectivity index (χ0v) is 11.1. The highest BCUT2D eigenvalue weighted by molar-refractivity contribution is 8.00. The Kier molecular flexibility index (Phi) is 3.07. The molecule has 1 aliphatic heterocycles. The fraction of sp³-hybridized carbons (Fsp3) is 0.462. The van der Waals surface area contributed by atoms with E-state index in [0.717, 1.165) is 16.7 Å². The summed E-state index contributed by atoms with van der Waals surface area (Å²) in [5, 5.41) is 4.21. The van der Waals surface area contributed by atoms with E-state index >= 15 is 0 Å². The summed E-state index contributed by atoms with van der Waals surface area (Å²) in [6.07, 6.45) is 2.49. The second kappa shape index (κ2) is 4.72. The lowest BCUT2D eigenvalue weighted by molar-refractivity contribution is 0.617. The van der Waals surface area contributed by atoms with Gasteiger partial charge in [0.25, 0.3) is 0 Å². The number of hydrogen-bond acceptors (Lipinski definition) is 3. The summed E-state index contributed by atoms with van der Waals surface area (Å²) in [4.78, 5) is 16.8. The SMILES string of the molecule is CC1SCCCC1Nc1ccc2[nH]c(=O)[nH]c2c1. The van der Waals surface area contributed by atoms with Crippen LogP contribution in [0.3, 0.4) is 0 Å². The zero-order chi connectivity index (χ0) is 12.5. The van der Waals surface area contributed by atoms with E-state index in [1.165, 1.54) is 18.6 Å². The summed E-state index contributed by atoms with van der Waals surface area (Å²) in [5.74, 6) is 1.27. The molecule has 1 aromatic carbocycles. The van der Waals surface area contributed by atoms with E-state index < -0.39 is 0 Å². The van der Waals surface area contributed by atoms with Crippen LogP contribution in [0, 0.1) is 0 Å². The van der Waals surface area contributed by atoms with Crippen molar-refractivity contribution < 1.29 is 0 Å². The lowest BCUT2D eigenvalue weighted by atomic mass is 10.1. The second-order valence-corrected chi connectivity index (χ2v) is 6.29. The highest BCUT2D eigenvalue weighted by atomic mass is 32.2. The second-order valence-electron chi connectivity index (χ2n) is 4.81. The molecular weight excluding hydrogens is 246 g/mol. The number of anilines is 1. The highest BCUT2D eigenvalue weighted by Crippen LogP contribution is 2.28. The lowest BCUT2D eigenvalue weighted by Gasteiger charge is -2.29. The number of aromatic nitrogens is 2. The molecule has 2 heterocycles. The van der Waals surface area contributed by atoms with Gasteiger partial charge in [-0.3, -0.25) is 0 Å². The monoisotopic (exact) mass is 263 g/mol. The Morgan fingerprint density at radius 3 is 3.00 bits per heavy atom. The van der Waals surface area contributed by atoms with Crippen LogP contribution in [-0.4, -0.2) is 27.0 Å². The summed E-state index contributed by atoms with van der Waals surface area (Å²) in [6, 6.07) is 6.49. The van der Waals surface area contributed by atoms with Crippen molar-refractivity contribution in [3.63, 3.8) is 0 Å². The Bertz CT molecular complexity index is 604. The van der Waals surface area contributed by atoms with Crippen LogP contribution in [0.5, 0.6) is 0 Å². The first-order valence-corrected chi connectivity index (χ1v) is 7.37. The summed E-state index contributed by atoms with van der Waals surface area (Å²) < 4.78 is 0. The van der Waals surface area contributed by atoms with Gasteiger partial charge < -0.3 is 15.3 Å². The van der Waals surface area contributed by atoms with Gasteiger partial charge in [-0.15, -0.1) is 0 Å². The minimum absolute atomic E-state index is 0.149. The average molecular weight is 263 g/mol. The molecule has 96 valence electrons. The Labute approximate surface area is 110 Å². The number of nitrogens with one attached hydrogen (secondary N) is 3. The van der Waals surface area contributed by atoms with E-state index in [1.807, 2.05) is 30.0 Å². The zero-order valence-electron chi connectivity index (χ0n) is 10.3. The van der Waals surface area contributed by atoms with Crippen molar-refractivity contribution in [2.75, 3.05) is 11.1 Å². The first kappa shape index (κ1) is 11.7. The van der Waals surface area contributed by atoms with Crippen LogP contribution in [0.25, 0.3) is 11.0 Å². The first-order valence-electron chi connectivity index (χ1n) is 6.32. The number of imidazole rings is 1. The molecule has 1 fully saturated rings. The molecule has 1 saturated heterocycles. The molecule has 0 radical (unpaired) electrons. The number of thioether (sulfide) groups is 1. The predicted octanol–water partition coefficient (Wildman–Crippen LogP) is 2.55. The van der Waals surface area contributed by atoms with Crippen molar-refractivity contribution in [2.24, 2.45) is 0 Å². The summed E-state index contributed by atoms with van der Waals surface area (Å²) in [6.45, 7) is 2.28. The maximum atomic E-state index is 11.2. The van der Waals surface area contributed by atoms with Crippen LogP contribution < -0.4 is 11.0 Å². The van der Waals surface area contributed by atoms with Crippen LogP contribution in [0.15, 0.2) is 23.0 Å². The number of H-pyrrole nitrogens is 2. The highest BCUT2D eigenvalue weighted by Gasteiger charge is 2.21. The number of hydrogen-bond donors (Lipinski definition) is 3. The third-order valence-electron chi connectivity index (χ3n) is 3.47. The number of benzene rings is 1. The molecule has 0 spiro atoms. The van der Waals surface area contributed by atoms with E-state index in [-0.39, 0.29) is 5.69 Å². The molecule has 18 heavy (non-hydrogen) atoms. The predicted molar refractivity (Wildman–Crippen MR) is 77.5 cm³/mol. The van der Waals surface area contributed by atoms with Gasteiger partial charge >= 0.3 is 5.69 Å². The minimum atomic E-state index is -0.149. The number of fused-ring (bicyclic) bond motifs is 1. The molecule has 2 atom stereocenters. The van der Waals surface area contributed by atoms with Gasteiger partial charge in [0.1, 0.15) is 0 Å². The third-order valence-corrected chi connectivity index (χ3v) is 4.85. The van der Waals surface area contributed by atoms with Crippen molar-refractivity contribution in [2.45, 2.75) is 31.1 Å². The maximum Gasteiger partial charge on any atom is 0.323 e. The Morgan fingerprint density at radius 1 is 1.33 bits per heavy atom. The molecule has 3 rings (SSSR count). The van der Waals surface area contributed by atoms with E-state index in [1.54, 1.807) is 0 Å². The van der Waals surface area contributed by atoms with E-state index in [4.69, 9.17) is 0 Å². The Morgan fingerprint density at radius 2 is 2.17 bits per heavy atom. The minimum Gasteiger partial charge on any atom is -0.381 e. The third kappa shape index (κ3) is 2.27. The van der Waals surface area contributed by atoms with Crippen molar-refractivity contribution in [3.8, 4) is 0 Å². The van der Waals surface area contributed by atoms with E-state index in [2.05, 4.69) is 22.2 Å². The molecule has 2 unspecified atom stereocenters. The van der Waals surface area contributed by atoms with Gasteiger partial charge in [0, 0.05) is 17.0 Å². The Balaban J connectivity index is 1.83. The fourth-order valence-corrected chi connectivity index (χ4v) is 3.59. The van der Waals surface area contributed by atoms with Gasteiger partial charge in [-0.25, -0.2) is 4.79 Å².